The standard InChI is InChI=1S/C11H14N2O2/c1-15-11-4-5-13(7-11)10-3-2-9(8-14)12-6-10/h2-3,6,8,11H,4-5,7H2,1H3. The molecule has 1 unspecified atom stereocenters. The third kappa shape index (κ3) is 2.15. The average Bonchev–Trinajstić information content (AvgIpc) is 2.78. The van der Waals surface area contributed by atoms with E-state index in [2.05, 4.69) is 9.88 Å². The molecule has 1 aromatic heterocycles. The normalized spacial score (nSPS) is 20.6. The lowest BCUT2D eigenvalue weighted by Crippen LogP contribution is -2.22. The van der Waals surface area contributed by atoms with Gasteiger partial charge in [0.05, 0.1) is 18.0 Å². The number of carbonyl (C=O) groups excluding carboxylic acids is 1. The van der Waals surface area contributed by atoms with Gasteiger partial charge >= 0.3 is 0 Å². The van der Waals surface area contributed by atoms with Crippen LogP contribution < -0.4 is 4.90 Å². The Morgan fingerprint density at radius 3 is 3.00 bits per heavy atom. The van der Waals surface area contributed by atoms with Crippen LogP contribution in [0.5, 0.6) is 0 Å². The molecular weight excluding hydrogens is 192 g/mol. The van der Waals surface area contributed by atoms with Gasteiger partial charge in [0.15, 0.2) is 6.29 Å². The molecule has 1 atom stereocenters. The van der Waals surface area contributed by atoms with Crippen molar-refractivity contribution in [2.24, 2.45) is 0 Å². The molecule has 2 rings (SSSR count). The monoisotopic (exact) mass is 206 g/mol. The highest BCUT2D eigenvalue weighted by molar-refractivity contribution is 5.72. The lowest BCUT2D eigenvalue weighted by Gasteiger charge is -2.17. The van der Waals surface area contributed by atoms with Crippen LogP contribution in [0.15, 0.2) is 18.3 Å². The summed E-state index contributed by atoms with van der Waals surface area (Å²) in [5.41, 5.74) is 1.53. The number of nitrogens with zero attached hydrogens (tertiary/aromatic N) is 2. The van der Waals surface area contributed by atoms with Crippen molar-refractivity contribution in [2.75, 3.05) is 25.1 Å². The van der Waals surface area contributed by atoms with E-state index in [0.717, 1.165) is 31.5 Å². The third-order valence-corrected chi connectivity index (χ3v) is 2.73. The lowest BCUT2D eigenvalue weighted by atomic mass is 10.3. The highest BCUT2D eigenvalue weighted by Crippen LogP contribution is 2.20. The van der Waals surface area contributed by atoms with Crippen LogP contribution in [0.25, 0.3) is 0 Å². The largest absolute Gasteiger partial charge is 0.380 e. The van der Waals surface area contributed by atoms with Gasteiger partial charge in [-0.25, -0.2) is 0 Å². The molecule has 1 aromatic rings. The smallest absolute Gasteiger partial charge is 0.168 e. The summed E-state index contributed by atoms with van der Waals surface area (Å²) in [6.45, 7) is 1.89. The van der Waals surface area contributed by atoms with Gasteiger partial charge in [-0.15, -0.1) is 0 Å². The SMILES string of the molecule is COC1CCN(c2ccc(C=O)nc2)C1. The fourth-order valence-electron chi connectivity index (χ4n) is 1.81. The second kappa shape index (κ2) is 4.40. The Morgan fingerprint density at radius 1 is 1.60 bits per heavy atom. The van der Waals surface area contributed by atoms with Crippen molar-refractivity contribution < 1.29 is 9.53 Å². The number of methoxy groups -OCH3 is 1. The summed E-state index contributed by atoms with van der Waals surface area (Å²) in [7, 11) is 1.74. The Labute approximate surface area is 88.9 Å². The maximum atomic E-state index is 10.4. The van der Waals surface area contributed by atoms with Gasteiger partial charge in [0, 0.05) is 20.2 Å². The summed E-state index contributed by atoms with van der Waals surface area (Å²) < 4.78 is 5.29. The van der Waals surface area contributed by atoms with Crippen LogP contribution in [0.4, 0.5) is 5.69 Å². The van der Waals surface area contributed by atoms with Crippen LogP contribution in [0, 0.1) is 0 Å². The molecule has 4 nitrogen and oxygen atoms in total. The van der Waals surface area contributed by atoms with Crippen molar-refractivity contribution in [1.82, 2.24) is 4.98 Å². The van der Waals surface area contributed by atoms with Crippen LogP contribution in [-0.4, -0.2) is 37.6 Å². The highest BCUT2D eigenvalue weighted by atomic mass is 16.5. The molecule has 0 radical (unpaired) electrons. The zero-order valence-electron chi connectivity index (χ0n) is 8.72. The van der Waals surface area contributed by atoms with E-state index in [0.29, 0.717) is 11.8 Å². The molecule has 0 bridgehead atoms. The van der Waals surface area contributed by atoms with Crippen molar-refractivity contribution >= 4 is 12.0 Å². The summed E-state index contributed by atoms with van der Waals surface area (Å²) >= 11 is 0. The van der Waals surface area contributed by atoms with Crippen LogP contribution in [0.1, 0.15) is 16.9 Å². The van der Waals surface area contributed by atoms with Crippen molar-refractivity contribution in [3.8, 4) is 0 Å². The second-order valence-electron chi connectivity index (χ2n) is 3.65. The number of pyridine rings is 1. The first kappa shape index (κ1) is 10.1. The fourth-order valence-corrected chi connectivity index (χ4v) is 1.81. The maximum absolute atomic E-state index is 10.4. The molecule has 0 amide bonds. The topological polar surface area (TPSA) is 42.4 Å². The first-order valence-corrected chi connectivity index (χ1v) is 5.02. The Bertz CT molecular complexity index is 337. The van der Waals surface area contributed by atoms with Gasteiger partial charge in [0.25, 0.3) is 0 Å². The van der Waals surface area contributed by atoms with E-state index in [-0.39, 0.29) is 0 Å². The number of anilines is 1. The van der Waals surface area contributed by atoms with Gasteiger partial charge in [-0.2, -0.15) is 0 Å². The Balaban J connectivity index is 2.07. The van der Waals surface area contributed by atoms with E-state index in [4.69, 9.17) is 4.74 Å². The summed E-state index contributed by atoms with van der Waals surface area (Å²) in [5, 5.41) is 0. The number of hydrogen-bond donors (Lipinski definition) is 0. The maximum Gasteiger partial charge on any atom is 0.168 e. The summed E-state index contributed by atoms with van der Waals surface area (Å²) in [4.78, 5) is 16.7. The molecule has 1 fully saturated rings. The molecule has 2 heterocycles. The van der Waals surface area contributed by atoms with Gasteiger partial charge in [0.1, 0.15) is 5.69 Å². The molecular formula is C11H14N2O2. The Kier molecular flexibility index (Phi) is 2.97. The predicted octanol–water partition coefficient (Wildman–Crippen LogP) is 1.12. The van der Waals surface area contributed by atoms with E-state index in [1.807, 2.05) is 6.07 Å². The van der Waals surface area contributed by atoms with Crippen LogP contribution in [0.2, 0.25) is 0 Å². The molecule has 1 aliphatic heterocycles. The average molecular weight is 206 g/mol. The van der Waals surface area contributed by atoms with E-state index in [1.54, 1.807) is 19.4 Å². The van der Waals surface area contributed by atoms with Gasteiger partial charge in [0.2, 0.25) is 0 Å². The molecule has 0 aromatic carbocycles. The predicted molar refractivity (Wildman–Crippen MR) is 57.3 cm³/mol. The van der Waals surface area contributed by atoms with Gasteiger partial charge in [-0.1, -0.05) is 0 Å². The zero-order chi connectivity index (χ0) is 10.7. The quantitative estimate of drug-likeness (QED) is 0.695. The minimum atomic E-state index is 0.316. The second-order valence-corrected chi connectivity index (χ2v) is 3.65. The van der Waals surface area contributed by atoms with Gasteiger partial charge in [-0.3, -0.25) is 9.78 Å². The molecule has 1 saturated heterocycles. The number of aldehydes is 1. The molecule has 0 aliphatic carbocycles. The van der Waals surface area contributed by atoms with Crippen molar-refractivity contribution in [2.45, 2.75) is 12.5 Å². The number of hydrogen-bond acceptors (Lipinski definition) is 4. The summed E-state index contributed by atoms with van der Waals surface area (Å²) in [6.07, 6.45) is 3.86. The first-order valence-electron chi connectivity index (χ1n) is 5.02. The third-order valence-electron chi connectivity index (χ3n) is 2.73. The highest BCUT2D eigenvalue weighted by Gasteiger charge is 2.22. The Morgan fingerprint density at radius 2 is 2.47 bits per heavy atom. The van der Waals surface area contributed by atoms with Crippen molar-refractivity contribution in [1.29, 1.82) is 0 Å². The van der Waals surface area contributed by atoms with E-state index >= 15 is 0 Å². The lowest BCUT2D eigenvalue weighted by molar-refractivity contribution is 0.111. The number of aromatic nitrogens is 1. The van der Waals surface area contributed by atoms with Crippen LogP contribution in [0.3, 0.4) is 0 Å². The number of rotatable bonds is 3. The van der Waals surface area contributed by atoms with E-state index in [1.165, 1.54) is 0 Å². The van der Waals surface area contributed by atoms with Crippen molar-refractivity contribution in [3.05, 3.63) is 24.0 Å². The molecule has 80 valence electrons. The van der Waals surface area contributed by atoms with Crippen molar-refractivity contribution in [3.63, 3.8) is 0 Å². The van der Waals surface area contributed by atoms with Gasteiger partial charge in [-0.05, 0) is 18.6 Å². The molecule has 4 heteroatoms. The molecule has 0 saturated carbocycles. The molecule has 0 spiro atoms. The number of ether oxygens (including phenoxy) is 1. The molecule has 0 N–H and O–H groups in total. The first-order chi connectivity index (χ1) is 7.33. The minimum absolute atomic E-state index is 0.316. The fraction of sp³-hybridized carbons (Fsp3) is 0.455. The Hall–Kier alpha value is -1.42. The molecule has 15 heavy (non-hydrogen) atoms. The van der Waals surface area contributed by atoms with Crippen LogP contribution >= 0.6 is 0 Å². The summed E-state index contributed by atoms with van der Waals surface area (Å²) in [6, 6.07) is 3.66. The van der Waals surface area contributed by atoms with Gasteiger partial charge < -0.3 is 9.64 Å². The number of carbonyl (C=O) groups is 1. The van der Waals surface area contributed by atoms with E-state index in [9.17, 15) is 4.79 Å². The van der Waals surface area contributed by atoms with Crippen LogP contribution in [-0.2, 0) is 4.74 Å². The van der Waals surface area contributed by atoms with E-state index < -0.39 is 0 Å². The summed E-state index contributed by atoms with van der Waals surface area (Å²) in [5.74, 6) is 0. The minimum Gasteiger partial charge on any atom is -0.380 e. The molecule has 1 aliphatic rings. The zero-order valence-corrected chi connectivity index (χ0v) is 8.72.